The van der Waals surface area contributed by atoms with E-state index in [1.165, 1.54) is 38.5 Å². The highest BCUT2D eigenvalue weighted by molar-refractivity contribution is 5.03. The standard InChI is InChI=1S/C16H34N2O/c1-5-14-9-8-10-16(14,13-17)18(11-12-19-4)15(6-2)7-3/h14-15H,5-13,17H2,1-4H3. The average molecular weight is 270 g/mol. The maximum atomic E-state index is 6.27. The first-order chi connectivity index (χ1) is 9.19. The molecule has 0 amide bonds. The molecule has 2 unspecified atom stereocenters. The number of nitrogens with zero attached hydrogens (tertiary/aromatic N) is 1. The van der Waals surface area contributed by atoms with Gasteiger partial charge in [0.15, 0.2) is 0 Å². The Kier molecular flexibility index (Phi) is 7.33. The molecule has 1 aliphatic carbocycles. The normalized spacial score (nSPS) is 27.6. The van der Waals surface area contributed by atoms with Crippen molar-refractivity contribution in [1.82, 2.24) is 4.90 Å². The van der Waals surface area contributed by atoms with Crippen molar-refractivity contribution < 1.29 is 4.74 Å². The highest BCUT2D eigenvalue weighted by Gasteiger charge is 2.46. The number of nitrogens with two attached hydrogens (primary N) is 1. The zero-order valence-electron chi connectivity index (χ0n) is 13.5. The lowest BCUT2D eigenvalue weighted by atomic mass is 9.81. The Bertz CT molecular complexity index is 243. The number of rotatable bonds is 9. The highest BCUT2D eigenvalue weighted by atomic mass is 16.5. The second kappa shape index (κ2) is 8.23. The molecule has 114 valence electrons. The van der Waals surface area contributed by atoms with Crippen LogP contribution in [0.3, 0.4) is 0 Å². The predicted octanol–water partition coefficient (Wildman–Crippen LogP) is 3.03. The third-order valence-electron chi connectivity index (χ3n) is 5.26. The molecule has 0 aromatic carbocycles. The van der Waals surface area contributed by atoms with Gasteiger partial charge < -0.3 is 10.5 Å². The summed E-state index contributed by atoms with van der Waals surface area (Å²) in [7, 11) is 1.80. The summed E-state index contributed by atoms with van der Waals surface area (Å²) >= 11 is 0. The molecule has 1 aliphatic rings. The molecule has 0 spiro atoms. The molecule has 1 saturated carbocycles. The van der Waals surface area contributed by atoms with Gasteiger partial charge in [-0.2, -0.15) is 0 Å². The fourth-order valence-corrected chi connectivity index (χ4v) is 4.16. The van der Waals surface area contributed by atoms with Crippen LogP contribution in [-0.2, 0) is 4.74 Å². The van der Waals surface area contributed by atoms with E-state index in [-0.39, 0.29) is 5.54 Å². The third-order valence-corrected chi connectivity index (χ3v) is 5.26. The van der Waals surface area contributed by atoms with Crippen LogP contribution in [0.15, 0.2) is 0 Å². The van der Waals surface area contributed by atoms with Crippen molar-refractivity contribution in [2.45, 2.75) is 70.9 Å². The van der Waals surface area contributed by atoms with Crippen molar-refractivity contribution >= 4 is 0 Å². The molecule has 3 nitrogen and oxygen atoms in total. The van der Waals surface area contributed by atoms with Crippen molar-refractivity contribution in [1.29, 1.82) is 0 Å². The monoisotopic (exact) mass is 270 g/mol. The molecule has 0 heterocycles. The topological polar surface area (TPSA) is 38.5 Å². The van der Waals surface area contributed by atoms with Crippen molar-refractivity contribution in [3.05, 3.63) is 0 Å². The Hall–Kier alpha value is -0.120. The van der Waals surface area contributed by atoms with E-state index in [4.69, 9.17) is 10.5 Å². The molecule has 0 bridgehead atoms. The van der Waals surface area contributed by atoms with Gasteiger partial charge in [0.25, 0.3) is 0 Å². The quantitative estimate of drug-likeness (QED) is 0.700. The maximum absolute atomic E-state index is 6.27. The van der Waals surface area contributed by atoms with Gasteiger partial charge >= 0.3 is 0 Å². The first-order valence-corrected chi connectivity index (χ1v) is 8.15. The van der Waals surface area contributed by atoms with Gasteiger partial charge in [0.2, 0.25) is 0 Å². The minimum absolute atomic E-state index is 0.226. The van der Waals surface area contributed by atoms with Crippen LogP contribution < -0.4 is 5.73 Å². The Morgan fingerprint density at radius 3 is 2.47 bits per heavy atom. The maximum Gasteiger partial charge on any atom is 0.0590 e. The molecule has 1 fully saturated rings. The number of ether oxygens (including phenoxy) is 1. The van der Waals surface area contributed by atoms with E-state index >= 15 is 0 Å². The van der Waals surface area contributed by atoms with E-state index in [1.807, 2.05) is 0 Å². The summed E-state index contributed by atoms with van der Waals surface area (Å²) < 4.78 is 5.35. The minimum atomic E-state index is 0.226. The molecule has 0 radical (unpaired) electrons. The molecule has 0 saturated heterocycles. The average Bonchev–Trinajstić information content (AvgIpc) is 2.87. The summed E-state index contributed by atoms with van der Waals surface area (Å²) in [5.74, 6) is 0.759. The first-order valence-electron chi connectivity index (χ1n) is 8.15. The van der Waals surface area contributed by atoms with Crippen LogP contribution in [0.5, 0.6) is 0 Å². The Morgan fingerprint density at radius 2 is 2.00 bits per heavy atom. The summed E-state index contributed by atoms with van der Waals surface area (Å²) in [6.45, 7) is 9.56. The Morgan fingerprint density at radius 1 is 1.32 bits per heavy atom. The lowest BCUT2D eigenvalue weighted by Gasteiger charge is -2.48. The molecule has 1 rings (SSSR count). The van der Waals surface area contributed by atoms with Gasteiger partial charge in [-0.15, -0.1) is 0 Å². The number of hydrogen-bond acceptors (Lipinski definition) is 3. The predicted molar refractivity (Wildman–Crippen MR) is 82.4 cm³/mol. The zero-order valence-corrected chi connectivity index (χ0v) is 13.5. The summed E-state index contributed by atoms with van der Waals surface area (Å²) in [6.07, 6.45) is 7.61. The fourth-order valence-electron chi connectivity index (χ4n) is 4.16. The fraction of sp³-hybridized carbons (Fsp3) is 1.00. The van der Waals surface area contributed by atoms with E-state index in [0.29, 0.717) is 6.04 Å². The molecular formula is C16H34N2O. The van der Waals surface area contributed by atoms with Gasteiger partial charge in [-0.25, -0.2) is 0 Å². The summed E-state index contributed by atoms with van der Waals surface area (Å²) in [5, 5.41) is 0. The molecule has 0 aromatic heterocycles. The van der Waals surface area contributed by atoms with Crippen molar-refractivity contribution in [2.75, 3.05) is 26.8 Å². The molecule has 0 aliphatic heterocycles. The summed E-state index contributed by atoms with van der Waals surface area (Å²) in [6, 6.07) is 0.644. The van der Waals surface area contributed by atoms with E-state index in [2.05, 4.69) is 25.7 Å². The van der Waals surface area contributed by atoms with Crippen LogP contribution in [0.25, 0.3) is 0 Å². The SMILES string of the molecule is CCC(CC)N(CCOC)C1(CN)CCCC1CC. The van der Waals surface area contributed by atoms with Crippen molar-refractivity contribution in [3.8, 4) is 0 Å². The molecule has 0 aromatic rings. The van der Waals surface area contributed by atoms with Crippen LogP contribution in [-0.4, -0.2) is 43.3 Å². The van der Waals surface area contributed by atoms with E-state index < -0.39 is 0 Å². The third kappa shape index (κ3) is 3.50. The van der Waals surface area contributed by atoms with Gasteiger partial charge in [-0.3, -0.25) is 4.90 Å². The highest BCUT2D eigenvalue weighted by Crippen LogP contribution is 2.43. The second-order valence-corrected chi connectivity index (χ2v) is 5.96. The lowest BCUT2D eigenvalue weighted by Crippen LogP contribution is -2.60. The Labute approximate surface area is 119 Å². The van der Waals surface area contributed by atoms with Crippen molar-refractivity contribution in [3.63, 3.8) is 0 Å². The minimum Gasteiger partial charge on any atom is -0.383 e. The zero-order chi connectivity index (χ0) is 14.3. The summed E-state index contributed by atoms with van der Waals surface area (Å²) in [5.41, 5.74) is 6.50. The van der Waals surface area contributed by atoms with Crippen LogP contribution in [0.1, 0.15) is 59.3 Å². The van der Waals surface area contributed by atoms with E-state index in [1.54, 1.807) is 7.11 Å². The smallest absolute Gasteiger partial charge is 0.0590 e. The van der Waals surface area contributed by atoms with Gasteiger partial charge in [0, 0.05) is 31.8 Å². The van der Waals surface area contributed by atoms with Crippen LogP contribution >= 0.6 is 0 Å². The largest absolute Gasteiger partial charge is 0.383 e. The number of methoxy groups -OCH3 is 1. The molecule has 2 atom stereocenters. The molecular weight excluding hydrogens is 236 g/mol. The van der Waals surface area contributed by atoms with Crippen LogP contribution in [0.4, 0.5) is 0 Å². The second-order valence-electron chi connectivity index (χ2n) is 5.96. The summed E-state index contributed by atoms with van der Waals surface area (Å²) in [4.78, 5) is 2.71. The van der Waals surface area contributed by atoms with Crippen LogP contribution in [0, 0.1) is 5.92 Å². The Balaban J connectivity index is 2.97. The van der Waals surface area contributed by atoms with Crippen LogP contribution in [0.2, 0.25) is 0 Å². The first kappa shape index (κ1) is 16.9. The molecule has 19 heavy (non-hydrogen) atoms. The van der Waals surface area contributed by atoms with Gasteiger partial charge in [0.05, 0.1) is 6.61 Å². The van der Waals surface area contributed by atoms with Gasteiger partial charge in [-0.1, -0.05) is 33.6 Å². The van der Waals surface area contributed by atoms with E-state index in [0.717, 1.165) is 25.6 Å². The number of hydrogen-bond donors (Lipinski definition) is 1. The van der Waals surface area contributed by atoms with Gasteiger partial charge in [0.1, 0.15) is 0 Å². The molecule has 2 N–H and O–H groups in total. The molecule has 3 heteroatoms. The lowest BCUT2D eigenvalue weighted by molar-refractivity contribution is -0.00496. The van der Waals surface area contributed by atoms with Crippen molar-refractivity contribution in [2.24, 2.45) is 11.7 Å². The van der Waals surface area contributed by atoms with Gasteiger partial charge in [-0.05, 0) is 31.6 Å². The van der Waals surface area contributed by atoms with E-state index in [9.17, 15) is 0 Å².